The Morgan fingerprint density at radius 1 is 1.22 bits per heavy atom. The Hall–Kier alpha value is -1.50. The monoisotopic (exact) mass is 350 g/mol. The molecule has 0 bridgehead atoms. The van der Waals surface area contributed by atoms with Gasteiger partial charge in [-0.2, -0.15) is 4.98 Å². The van der Waals surface area contributed by atoms with Crippen LogP contribution in [0.25, 0.3) is 0 Å². The summed E-state index contributed by atoms with van der Waals surface area (Å²) in [5.74, 6) is 0.890. The molecule has 0 radical (unpaired) electrons. The Morgan fingerprint density at radius 3 is 2.70 bits per heavy atom. The summed E-state index contributed by atoms with van der Waals surface area (Å²) in [6.45, 7) is 0. The zero-order valence-electron chi connectivity index (χ0n) is 12.6. The molecular weight excluding hydrogens is 332 g/mol. The largest absolute Gasteiger partial charge is 0.391 e. The lowest BCUT2D eigenvalue weighted by Gasteiger charge is -2.29. The van der Waals surface area contributed by atoms with Crippen molar-refractivity contribution in [3.63, 3.8) is 0 Å². The summed E-state index contributed by atoms with van der Waals surface area (Å²) in [5, 5.41) is 14.2. The predicted octanol–water partition coefficient (Wildman–Crippen LogP) is 3.58. The second kappa shape index (κ2) is 7.38. The molecular formula is C16H19ClN4OS. The molecule has 0 amide bonds. The number of hydrogen-bond acceptors (Lipinski definition) is 6. The highest BCUT2D eigenvalue weighted by Crippen LogP contribution is 2.34. The summed E-state index contributed by atoms with van der Waals surface area (Å²) >= 11 is 7.46. The average molecular weight is 351 g/mol. The van der Waals surface area contributed by atoms with E-state index in [0.717, 1.165) is 35.5 Å². The lowest BCUT2D eigenvalue weighted by Crippen LogP contribution is -2.36. The summed E-state index contributed by atoms with van der Waals surface area (Å²) in [6, 6.07) is 7.59. The molecule has 1 aliphatic rings. The van der Waals surface area contributed by atoms with Gasteiger partial charge in [0.1, 0.15) is 5.82 Å². The first-order valence-corrected chi connectivity index (χ1v) is 8.82. The van der Waals surface area contributed by atoms with Gasteiger partial charge in [0.2, 0.25) is 5.95 Å². The van der Waals surface area contributed by atoms with Crippen LogP contribution in [0.3, 0.4) is 0 Å². The third-order valence-corrected chi connectivity index (χ3v) is 5.15. The number of aliphatic hydroxyl groups is 1. The fourth-order valence-electron chi connectivity index (χ4n) is 2.65. The molecule has 1 aromatic carbocycles. The average Bonchev–Trinajstić information content (AvgIpc) is 2.54. The van der Waals surface area contributed by atoms with Crippen molar-refractivity contribution < 1.29 is 5.11 Å². The van der Waals surface area contributed by atoms with Crippen molar-refractivity contribution in [2.75, 3.05) is 11.1 Å². The SMILES string of the molecule is Nc1ncc(Sc2ccc(Cl)cc2)c(NC2CCCCC2O)n1. The predicted molar refractivity (Wildman–Crippen MR) is 93.9 cm³/mol. The van der Waals surface area contributed by atoms with Crippen LogP contribution in [0.5, 0.6) is 0 Å². The van der Waals surface area contributed by atoms with Gasteiger partial charge >= 0.3 is 0 Å². The van der Waals surface area contributed by atoms with E-state index in [0.29, 0.717) is 10.8 Å². The number of benzene rings is 1. The van der Waals surface area contributed by atoms with Crippen molar-refractivity contribution in [2.24, 2.45) is 0 Å². The summed E-state index contributed by atoms with van der Waals surface area (Å²) in [6.07, 6.45) is 5.27. The summed E-state index contributed by atoms with van der Waals surface area (Å²) < 4.78 is 0. The fourth-order valence-corrected chi connectivity index (χ4v) is 3.61. The van der Waals surface area contributed by atoms with Crippen molar-refractivity contribution in [3.8, 4) is 0 Å². The molecule has 4 N–H and O–H groups in total. The minimum absolute atomic E-state index is 0.00242. The van der Waals surface area contributed by atoms with Crippen LogP contribution < -0.4 is 11.1 Å². The van der Waals surface area contributed by atoms with Crippen LogP contribution in [-0.2, 0) is 0 Å². The molecule has 7 heteroatoms. The van der Waals surface area contributed by atoms with E-state index in [2.05, 4.69) is 15.3 Å². The quantitative estimate of drug-likeness (QED) is 0.781. The number of nitrogen functional groups attached to an aromatic ring is 1. The first-order valence-electron chi connectivity index (χ1n) is 7.62. The molecule has 0 saturated heterocycles. The molecule has 1 saturated carbocycles. The first kappa shape index (κ1) is 16.4. The van der Waals surface area contributed by atoms with Gasteiger partial charge in [0.05, 0.1) is 17.0 Å². The maximum Gasteiger partial charge on any atom is 0.221 e. The van der Waals surface area contributed by atoms with Gasteiger partial charge < -0.3 is 16.2 Å². The number of halogens is 1. The molecule has 0 aliphatic heterocycles. The maximum absolute atomic E-state index is 10.2. The number of aliphatic hydroxyl groups excluding tert-OH is 1. The zero-order valence-corrected chi connectivity index (χ0v) is 14.1. The molecule has 5 nitrogen and oxygen atoms in total. The second-order valence-electron chi connectivity index (χ2n) is 5.60. The molecule has 0 spiro atoms. The number of hydrogen-bond donors (Lipinski definition) is 3. The Labute approximate surface area is 144 Å². The maximum atomic E-state index is 10.2. The number of nitrogens with zero attached hydrogens (tertiary/aromatic N) is 2. The third kappa shape index (κ3) is 4.28. The van der Waals surface area contributed by atoms with E-state index in [1.54, 1.807) is 6.20 Å². The Bertz CT molecular complexity index is 668. The second-order valence-corrected chi connectivity index (χ2v) is 7.15. The number of rotatable bonds is 4. The number of nitrogens with one attached hydrogen (secondary N) is 1. The van der Waals surface area contributed by atoms with Crippen molar-refractivity contribution in [2.45, 2.75) is 47.6 Å². The van der Waals surface area contributed by atoms with Crippen LogP contribution in [0.15, 0.2) is 40.3 Å². The summed E-state index contributed by atoms with van der Waals surface area (Å²) in [4.78, 5) is 10.3. The van der Waals surface area contributed by atoms with Crippen LogP contribution in [0.1, 0.15) is 25.7 Å². The van der Waals surface area contributed by atoms with Crippen LogP contribution in [0, 0.1) is 0 Å². The highest BCUT2D eigenvalue weighted by atomic mass is 35.5. The molecule has 1 aromatic heterocycles. The van der Waals surface area contributed by atoms with Gasteiger partial charge in [0.15, 0.2) is 0 Å². The summed E-state index contributed by atoms with van der Waals surface area (Å²) in [7, 11) is 0. The van der Waals surface area contributed by atoms with E-state index in [1.165, 1.54) is 11.8 Å². The van der Waals surface area contributed by atoms with E-state index in [4.69, 9.17) is 17.3 Å². The molecule has 2 atom stereocenters. The minimum Gasteiger partial charge on any atom is -0.391 e. The van der Waals surface area contributed by atoms with Gasteiger partial charge in [-0.05, 0) is 37.1 Å². The van der Waals surface area contributed by atoms with E-state index in [-0.39, 0.29) is 18.1 Å². The van der Waals surface area contributed by atoms with Gasteiger partial charge in [0.25, 0.3) is 0 Å². The van der Waals surface area contributed by atoms with E-state index in [9.17, 15) is 5.11 Å². The number of aromatic nitrogens is 2. The van der Waals surface area contributed by atoms with Crippen molar-refractivity contribution >= 4 is 35.1 Å². The zero-order chi connectivity index (χ0) is 16.2. The van der Waals surface area contributed by atoms with Gasteiger partial charge in [-0.1, -0.05) is 36.2 Å². The molecule has 1 fully saturated rings. The lowest BCUT2D eigenvalue weighted by atomic mass is 9.93. The van der Waals surface area contributed by atoms with Crippen LogP contribution in [0.4, 0.5) is 11.8 Å². The van der Waals surface area contributed by atoms with Crippen LogP contribution in [-0.4, -0.2) is 27.2 Å². The molecule has 2 aromatic rings. The standard InChI is InChI=1S/C16H19ClN4OS/c17-10-5-7-11(8-6-10)23-14-9-19-16(18)21-15(14)20-12-3-1-2-4-13(12)22/h5-9,12-13,22H,1-4H2,(H3,18,19,20,21). The Morgan fingerprint density at radius 2 is 1.96 bits per heavy atom. The number of nitrogens with two attached hydrogens (primary N) is 1. The molecule has 1 aliphatic carbocycles. The summed E-state index contributed by atoms with van der Waals surface area (Å²) in [5.41, 5.74) is 5.73. The smallest absolute Gasteiger partial charge is 0.221 e. The molecule has 122 valence electrons. The molecule has 2 unspecified atom stereocenters. The van der Waals surface area contributed by atoms with Crippen LogP contribution >= 0.6 is 23.4 Å². The van der Waals surface area contributed by atoms with Gasteiger partial charge in [-0.3, -0.25) is 0 Å². The molecule has 3 rings (SSSR count). The normalized spacial score (nSPS) is 21.1. The lowest BCUT2D eigenvalue weighted by molar-refractivity contribution is 0.116. The highest BCUT2D eigenvalue weighted by molar-refractivity contribution is 7.99. The van der Waals surface area contributed by atoms with Gasteiger partial charge in [-0.15, -0.1) is 0 Å². The third-order valence-electron chi connectivity index (χ3n) is 3.87. The topological polar surface area (TPSA) is 84.1 Å². The first-order chi connectivity index (χ1) is 11.1. The number of anilines is 2. The van der Waals surface area contributed by atoms with E-state index >= 15 is 0 Å². The van der Waals surface area contributed by atoms with E-state index < -0.39 is 0 Å². The Balaban J connectivity index is 1.81. The highest BCUT2D eigenvalue weighted by Gasteiger charge is 2.24. The molecule has 23 heavy (non-hydrogen) atoms. The van der Waals surface area contributed by atoms with E-state index in [1.807, 2.05) is 24.3 Å². The fraction of sp³-hybridized carbons (Fsp3) is 0.375. The van der Waals surface area contributed by atoms with Gasteiger partial charge in [0, 0.05) is 16.1 Å². The Kier molecular flexibility index (Phi) is 5.25. The minimum atomic E-state index is -0.353. The van der Waals surface area contributed by atoms with Crippen molar-refractivity contribution in [1.82, 2.24) is 9.97 Å². The van der Waals surface area contributed by atoms with Gasteiger partial charge in [-0.25, -0.2) is 4.98 Å². The van der Waals surface area contributed by atoms with Crippen molar-refractivity contribution in [3.05, 3.63) is 35.5 Å². The van der Waals surface area contributed by atoms with Crippen LogP contribution in [0.2, 0.25) is 5.02 Å². The molecule has 1 heterocycles. The van der Waals surface area contributed by atoms with Crippen molar-refractivity contribution in [1.29, 1.82) is 0 Å².